The van der Waals surface area contributed by atoms with Gasteiger partial charge in [-0.15, -0.1) is 0 Å². The summed E-state index contributed by atoms with van der Waals surface area (Å²) in [6.07, 6.45) is -2.74. The first-order chi connectivity index (χ1) is 9.54. The molecule has 9 heteroatoms. The van der Waals surface area contributed by atoms with E-state index in [0.717, 1.165) is 0 Å². The smallest absolute Gasteiger partial charge is 0.155 e. The standard InChI is InChI=1S/C11H15N5O4/c1-16-7(5-6(15-16)11(12)14-3-13-5)10-9(19)8(18)4(2-17)20-10/h3-4,8-10,17-19H,2H2,1H3,(H2,12,13,14). The first kappa shape index (κ1) is 13.2. The molecule has 20 heavy (non-hydrogen) atoms. The second kappa shape index (κ2) is 4.63. The predicted octanol–water partition coefficient (Wildman–Crippen LogP) is -1.90. The number of ether oxygens (including phenoxy) is 1. The Morgan fingerprint density at radius 2 is 2.05 bits per heavy atom. The van der Waals surface area contributed by atoms with Gasteiger partial charge >= 0.3 is 0 Å². The summed E-state index contributed by atoms with van der Waals surface area (Å²) in [5, 5.41) is 33.2. The second-order valence-electron chi connectivity index (χ2n) is 4.72. The normalized spacial score (nSPS) is 30.2. The van der Waals surface area contributed by atoms with E-state index in [-0.39, 0.29) is 12.4 Å². The van der Waals surface area contributed by atoms with E-state index >= 15 is 0 Å². The molecule has 2 aromatic heterocycles. The molecular weight excluding hydrogens is 266 g/mol. The molecule has 4 atom stereocenters. The molecule has 3 rings (SSSR count). The lowest BCUT2D eigenvalue weighted by Gasteiger charge is -2.14. The van der Waals surface area contributed by atoms with Crippen molar-refractivity contribution in [3.63, 3.8) is 0 Å². The first-order valence-corrected chi connectivity index (χ1v) is 6.10. The van der Waals surface area contributed by atoms with Crippen molar-refractivity contribution in [1.29, 1.82) is 0 Å². The van der Waals surface area contributed by atoms with Gasteiger partial charge in [-0.3, -0.25) is 4.68 Å². The molecule has 1 saturated heterocycles. The Balaban J connectivity index is 2.11. The third kappa shape index (κ3) is 1.75. The van der Waals surface area contributed by atoms with E-state index in [9.17, 15) is 10.2 Å². The topological polar surface area (TPSA) is 140 Å². The average molecular weight is 281 g/mol. The molecule has 0 spiro atoms. The minimum absolute atomic E-state index is 0.226. The van der Waals surface area contributed by atoms with Gasteiger partial charge in [0.05, 0.1) is 12.3 Å². The highest BCUT2D eigenvalue weighted by Crippen LogP contribution is 2.36. The molecule has 2 aromatic rings. The number of fused-ring (bicyclic) bond motifs is 1. The van der Waals surface area contributed by atoms with Gasteiger partial charge in [0.25, 0.3) is 0 Å². The number of nitrogen functional groups attached to an aromatic ring is 1. The van der Waals surface area contributed by atoms with E-state index in [2.05, 4.69) is 15.1 Å². The number of aromatic nitrogens is 4. The minimum atomic E-state index is -1.18. The number of hydrogen-bond donors (Lipinski definition) is 4. The fraction of sp³-hybridized carbons (Fsp3) is 0.545. The number of nitrogens with zero attached hydrogens (tertiary/aromatic N) is 4. The molecule has 9 nitrogen and oxygen atoms in total. The summed E-state index contributed by atoms with van der Waals surface area (Å²) in [5.74, 6) is 0.226. The lowest BCUT2D eigenvalue weighted by Crippen LogP contribution is -2.32. The van der Waals surface area contributed by atoms with Gasteiger partial charge in [-0.05, 0) is 0 Å². The molecule has 1 aliphatic heterocycles. The van der Waals surface area contributed by atoms with Crippen molar-refractivity contribution in [2.75, 3.05) is 12.3 Å². The van der Waals surface area contributed by atoms with Gasteiger partial charge in [0.15, 0.2) is 11.3 Å². The zero-order valence-corrected chi connectivity index (χ0v) is 10.7. The first-order valence-electron chi connectivity index (χ1n) is 6.10. The maximum absolute atomic E-state index is 10.1. The van der Waals surface area contributed by atoms with Crippen LogP contribution in [0.3, 0.4) is 0 Å². The maximum Gasteiger partial charge on any atom is 0.155 e. The average Bonchev–Trinajstić information content (AvgIpc) is 2.90. The molecular formula is C11H15N5O4. The Morgan fingerprint density at radius 3 is 2.70 bits per heavy atom. The summed E-state index contributed by atoms with van der Waals surface area (Å²) >= 11 is 0. The number of anilines is 1. The molecule has 0 saturated carbocycles. The van der Waals surface area contributed by atoms with Crippen LogP contribution in [-0.2, 0) is 11.8 Å². The molecule has 0 aromatic carbocycles. The van der Waals surface area contributed by atoms with Gasteiger partial charge in [0.2, 0.25) is 0 Å². The highest BCUT2D eigenvalue weighted by molar-refractivity contribution is 5.86. The summed E-state index contributed by atoms with van der Waals surface area (Å²) < 4.78 is 6.98. The molecule has 0 aliphatic carbocycles. The lowest BCUT2D eigenvalue weighted by atomic mass is 10.1. The van der Waals surface area contributed by atoms with Crippen LogP contribution in [0.25, 0.3) is 11.0 Å². The van der Waals surface area contributed by atoms with Crippen LogP contribution in [0.2, 0.25) is 0 Å². The van der Waals surface area contributed by atoms with E-state index in [1.54, 1.807) is 7.05 Å². The van der Waals surface area contributed by atoms with Gasteiger partial charge in [0, 0.05) is 7.05 Å². The Bertz CT molecular complexity index is 645. The van der Waals surface area contributed by atoms with Crippen LogP contribution in [-0.4, -0.2) is 60.0 Å². The third-order valence-corrected chi connectivity index (χ3v) is 3.50. The summed E-state index contributed by atoms with van der Waals surface area (Å²) in [4.78, 5) is 7.96. The molecule has 5 N–H and O–H groups in total. The van der Waals surface area contributed by atoms with Crippen molar-refractivity contribution in [3.8, 4) is 0 Å². The quantitative estimate of drug-likeness (QED) is 0.500. The van der Waals surface area contributed by atoms with Crippen LogP contribution in [0.5, 0.6) is 0 Å². The number of hydrogen-bond acceptors (Lipinski definition) is 8. The largest absolute Gasteiger partial charge is 0.394 e. The summed E-state index contributed by atoms with van der Waals surface area (Å²) in [6.45, 7) is -0.387. The van der Waals surface area contributed by atoms with Crippen LogP contribution < -0.4 is 5.73 Å². The van der Waals surface area contributed by atoms with Gasteiger partial charge in [-0.25, -0.2) is 9.97 Å². The lowest BCUT2D eigenvalue weighted by molar-refractivity contribution is -0.0246. The maximum atomic E-state index is 10.1. The fourth-order valence-electron chi connectivity index (χ4n) is 2.48. The van der Waals surface area contributed by atoms with Crippen molar-refractivity contribution in [1.82, 2.24) is 19.7 Å². The van der Waals surface area contributed by atoms with E-state index in [0.29, 0.717) is 16.7 Å². The Kier molecular flexibility index (Phi) is 3.05. The molecule has 1 aliphatic rings. The monoisotopic (exact) mass is 281 g/mol. The third-order valence-electron chi connectivity index (χ3n) is 3.50. The van der Waals surface area contributed by atoms with E-state index < -0.39 is 24.4 Å². The number of aliphatic hydroxyl groups is 3. The van der Waals surface area contributed by atoms with Gasteiger partial charge < -0.3 is 25.8 Å². The highest BCUT2D eigenvalue weighted by atomic mass is 16.6. The van der Waals surface area contributed by atoms with Crippen LogP contribution in [0.4, 0.5) is 5.82 Å². The molecule has 0 radical (unpaired) electrons. The van der Waals surface area contributed by atoms with Crippen LogP contribution >= 0.6 is 0 Å². The number of nitrogens with two attached hydrogens (primary N) is 1. The molecule has 0 amide bonds. The van der Waals surface area contributed by atoms with Crippen molar-refractivity contribution in [3.05, 3.63) is 12.0 Å². The van der Waals surface area contributed by atoms with E-state index in [1.807, 2.05) is 0 Å². The minimum Gasteiger partial charge on any atom is -0.394 e. The summed E-state index contributed by atoms with van der Waals surface area (Å²) in [6, 6.07) is 0. The Hall–Kier alpha value is -1.81. The van der Waals surface area contributed by atoms with Crippen molar-refractivity contribution in [2.24, 2.45) is 7.05 Å². The molecule has 4 unspecified atom stereocenters. The van der Waals surface area contributed by atoms with Gasteiger partial charge in [0.1, 0.15) is 36.3 Å². The Morgan fingerprint density at radius 1 is 1.30 bits per heavy atom. The molecule has 3 heterocycles. The van der Waals surface area contributed by atoms with Crippen LogP contribution in [0.1, 0.15) is 11.8 Å². The number of aliphatic hydroxyl groups excluding tert-OH is 3. The Labute approximate surface area is 113 Å². The van der Waals surface area contributed by atoms with Crippen molar-refractivity contribution >= 4 is 16.9 Å². The van der Waals surface area contributed by atoms with E-state index in [4.69, 9.17) is 15.6 Å². The highest BCUT2D eigenvalue weighted by Gasteiger charge is 2.45. The van der Waals surface area contributed by atoms with Crippen LogP contribution in [0, 0.1) is 0 Å². The molecule has 108 valence electrons. The fourth-order valence-corrected chi connectivity index (χ4v) is 2.48. The second-order valence-corrected chi connectivity index (χ2v) is 4.72. The zero-order valence-electron chi connectivity index (χ0n) is 10.7. The van der Waals surface area contributed by atoms with Gasteiger partial charge in [-0.1, -0.05) is 0 Å². The number of rotatable bonds is 2. The van der Waals surface area contributed by atoms with Crippen LogP contribution in [0.15, 0.2) is 6.33 Å². The number of aryl methyl sites for hydroxylation is 1. The van der Waals surface area contributed by atoms with Crippen molar-refractivity contribution < 1.29 is 20.1 Å². The predicted molar refractivity (Wildman–Crippen MR) is 67.4 cm³/mol. The SMILES string of the molecule is Cn1nc2c(N)ncnc2c1C1OC(CO)C(O)C1O. The molecule has 0 bridgehead atoms. The van der Waals surface area contributed by atoms with Gasteiger partial charge in [-0.2, -0.15) is 5.10 Å². The summed E-state index contributed by atoms with van der Waals surface area (Å²) in [5.41, 5.74) is 7.07. The molecule has 1 fully saturated rings. The van der Waals surface area contributed by atoms with E-state index in [1.165, 1.54) is 11.0 Å². The zero-order chi connectivity index (χ0) is 14.4. The van der Waals surface area contributed by atoms with Crippen molar-refractivity contribution in [2.45, 2.75) is 24.4 Å². The summed E-state index contributed by atoms with van der Waals surface area (Å²) in [7, 11) is 1.66.